The van der Waals surface area contributed by atoms with Gasteiger partial charge in [0.25, 0.3) is 0 Å². The second-order valence-electron chi connectivity index (χ2n) is 2.04. The molecule has 0 bridgehead atoms. The largest absolute Gasteiger partial charge is 0.279 e. The van der Waals surface area contributed by atoms with Crippen LogP contribution in [0.1, 0.15) is 0 Å². The third kappa shape index (κ3) is 3.89. The van der Waals surface area contributed by atoms with Crippen molar-refractivity contribution >= 4 is 12.8 Å². The molecule has 6 heteroatoms. The Morgan fingerprint density at radius 2 is 1.33 bits per heavy atom. The standard InChI is InChI=1S/C6H14N4O2/c1-7-9(5-11)3-4-10(6-12)8-2/h5-8H,3-4H2,1-2H3. The molecule has 0 radical (unpaired) electrons. The molecular weight excluding hydrogens is 160 g/mol. The van der Waals surface area contributed by atoms with Crippen LogP contribution in [-0.2, 0) is 9.59 Å². The molecule has 0 saturated heterocycles. The quantitative estimate of drug-likeness (QED) is 0.352. The highest BCUT2D eigenvalue weighted by Crippen LogP contribution is 1.78. The highest BCUT2D eigenvalue weighted by Gasteiger charge is 2.01. The van der Waals surface area contributed by atoms with Gasteiger partial charge in [-0.15, -0.1) is 0 Å². The molecule has 0 saturated carbocycles. The summed E-state index contributed by atoms with van der Waals surface area (Å²) in [5, 5.41) is 2.68. The molecule has 0 aliphatic carbocycles. The van der Waals surface area contributed by atoms with Crippen LogP contribution in [0.15, 0.2) is 0 Å². The summed E-state index contributed by atoms with van der Waals surface area (Å²) in [6.07, 6.45) is 1.33. The molecule has 0 aromatic heterocycles. The zero-order chi connectivity index (χ0) is 9.40. The van der Waals surface area contributed by atoms with Crippen molar-refractivity contribution in [3.63, 3.8) is 0 Å². The number of hydrogen-bond acceptors (Lipinski definition) is 4. The number of carbonyl (C=O) groups excluding carboxylic acids is 2. The van der Waals surface area contributed by atoms with Crippen LogP contribution >= 0.6 is 0 Å². The highest BCUT2D eigenvalue weighted by molar-refractivity contribution is 5.47. The minimum atomic E-state index is 0.444. The predicted octanol–water partition coefficient (Wildman–Crippen LogP) is -1.83. The first-order chi connectivity index (χ1) is 5.78. The van der Waals surface area contributed by atoms with Gasteiger partial charge in [-0.25, -0.2) is 10.9 Å². The van der Waals surface area contributed by atoms with E-state index < -0.39 is 0 Å². The van der Waals surface area contributed by atoms with Gasteiger partial charge >= 0.3 is 0 Å². The van der Waals surface area contributed by atoms with Crippen molar-refractivity contribution in [3.8, 4) is 0 Å². The topological polar surface area (TPSA) is 64.7 Å². The summed E-state index contributed by atoms with van der Waals surface area (Å²) < 4.78 is 0. The van der Waals surface area contributed by atoms with Crippen molar-refractivity contribution in [1.82, 2.24) is 20.9 Å². The number of nitrogens with one attached hydrogen (secondary N) is 2. The van der Waals surface area contributed by atoms with Gasteiger partial charge in [0, 0.05) is 14.1 Å². The van der Waals surface area contributed by atoms with E-state index in [1.165, 1.54) is 10.0 Å². The van der Waals surface area contributed by atoms with E-state index in [0.717, 1.165) is 0 Å². The van der Waals surface area contributed by atoms with Crippen LogP contribution in [0.25, 0.3) is 0 Å². The number of hydrazine groups is 2. The maximum atomic E-state index is 10.3. The van der Waals surface area contributed by atoms with E-state index in [2.05, 4.69) is 10.9 Å². The zero-order valence-corrected chi connectivity index (χ0v) is 7.28. The first kappa shape index (κ1) is 10.9. The lowest BCUT2D eigenvalue weighted by atomic mass is 10.6. The molecule has 0 aromatic carbocycles. The molecule has 0 aliphatic rings. The van der Waals surface area contributed by atoms with Gasteiger partial charge in [0.1, 0.15) is 0 Å². The van der Waals surface area contributed by atoms with E-state index in [1.807, 2.05) is 0 Å². The molecule has 2 N–H and O–H groups in total. The number of nitrogens with zero attached hydrogens (tertiary/aromatic N) is 2. The molecular formula is C6H14N4O2. The van der Waals surface area contributed by atoms with Crippen LogP contribution < -0.4 is 10.9 Å². The molecule has 0 spiro atoms. The van der Waals surface area contributed by atoms with Crippen LogP contribution in [0.3, 0.4) is 0 Å². The third-order valence-electron chi connectivity index (χ3n) is 1.41. The normalized spacial score (nSPS) is 9.17. The Morgan fingerprint density at radius 3 is 1.50 bits per heavy atom. The van der Waals surface area contributed by atoms with E-state index in [4.69, 9.17) is 0 Å². The third-order valence-corrected chi connectivity index (χ3v) is 1.41. The van der Waals surface area contributed by atoms with Gasteiger partial charge in [-0.2, -0.15) is 0 Å². The fourth-order valence-electron chi connectivity index (χ4n) is 0.650. The van der Waals surface area contributed by atoms with Crippen molar-refractivity contribution in [3.05, 3.63) is 0 Å². The predicted molar refractivity (Wildman–Crippen MR) is 43.7 cm³/mol. The maximum absolute atomic E-state index is 10.3. The minimum absolute atomic E-state index is 0.444. The molecule has 70 valence electrons. The highest BCUT2D eigenvalue weighted by atomic mass is 16.2. The van der Waals surface area contributed by atoms with Gasteiger partial charge in [-0.05, 0) is 0 Å². The molecule has 2 amide bonds. The summed E-state index contributed by atoms with van der Waals surface area (Å²) in [6.45, 7) is 0.888. The fraction of sp³-hybridized carbons (Fsp3) is 0.667. The van der Waals surface area contributed by atoms with Gasteiger partial charge in [-0.1, -0.05) is 0 Å². The van der Waals surface area contributed by atoms with Crippen molar-refractivity contribution in [2.45, 2.75) is 0 Å². The molecule has 0 unspecified atom stereocenters. The molecule has 0 heterocycles. The maximum Gasteiger partial charge on any atom is 0.223 e. The van der Waals surface area contributed by atoms with E-state index >= 15 is 0 Å². The van der Waals surface area contributed by atoms with Crippen LogP contribution in [0.5, 0.6) is 0 Å². The van der Waals surface area contributed by atoms with Crippen LogP contribution in [-0.4, -0.2) is 50.0 Å². The average molecular weight is 174 g/mol. The first-order valence-corrected chi connectivity index (χ1v) is 3.57. The lowest BCUT2D eigenvalue weighted by Gasteiger charge is -2.20. The average Bonchev–Trinajstić information content (AvgIpc) is 2.13. The summed E-state index contributed by atoms with van der Waals surface area (Å²) in [4.78, 5) is 20.5. The fourth-order valence-corrected chi connectivity index (χ4v) is 0.650. The van der Waals surface area contributed by atoms with E-state index in [9.17, 15) is 9.59 Å². The molecule has 0 aromatic rings. The summed E-state index contributed by atoms with van der Waals surface area (Å²) >= 11 is 0. The number of carbonyl (C=O) groups is 2. The molecule has 6 nitrogen and oxygen atoms in total. The molecule has 0 atom stereocenters. The van der Waals surface area contributed by atoms with E-state index in [0.29, 0.717) is 25.9 Å². The molecule has 0 fully saturated rings. The first-order valence-electron chi connectivity index (χ1n) is 3.57. The Hall–Kier alpha value is -1.14. The summed E-state index contributed by atoms with van der Waals surface area (Å²) in [7, 11) is 3.28. The van der Waals surface area contributed by atoms with E-state index in [-0.39, 0.29) is 0 Å². The second kappa shape index (κ2) is 6.56. The van der Waals surface area contributed by atoms with Gasteiger partial charge in [0.05, 0.1) is 13.1 Å². The number of hydrogen-bond donors (Lipinski definition) is 2. The molecule has 12 heavy (non-hydrogen) atoms. The van der Waals surface area contributed by atoms with Crippen molar-refractivity contribution < 1.29 is 9.59 Å². The molecule has 0 rings (SSSR count). The van der Waals surface area contributed by atoms with Crippen molar-refractivity contribution in [2.24, 2.45) is 0 Å². The Bertz CT molecular complexity index is 126. The lowest BCUT2D eigenvalue weighted by molar-refractivity contribution is -0.124. The summed E-state index contributed by atoms with van der Waals surface area (Å²) in [5.74, 6) is 0. The lowest BCUT2D eigenvalue weighted by Crippen LogP contribution is -2.43. The Balaban J connectivity index is 3.62. The smallest absolute Gasteiger partial charge is 0.223 e. The molecule has 0 aliphatic heterocycles. The minimum Gasteiger partial charge on any atom is -0.279 e. The summed E-state index contributed by atoms with van der Waals surface area (Å²) in [6, 6.07) is 0. The SMILES string of the molecule is CNN(C=O)CCN(C=O)NC. The number of amides is 2. The zero-order valence-electron chi connectivity index (χ0n) is 7.28. The Kier molecular flexibility index (Phi) is 5.94. The van der Waals surface area contributed by atoms with Gasteiger partial charge in [-0.3, -0.25) is 19.6 Å². The van der Waals surface area contributed by atoms with Crippen LogP contribution in [0.2, 0.25) is 0 Å². The van der Waals surface area contributed by atoms with E-state index in [1.54, 1.807) is 14.1 Å². The van der Waals surface area contributed by atoms with Gasteiger partial charge in [0.15, 0.2) is 0 Å². The van der Waals surface area contributed by atoms with Crippen molar-refractivity contribution in [2.75, 3.05) is 27.2 Å². The second-order valence-corrected chi connectivity index (χ2v) is 2.04. The Labute approximate surface area is 71.4 Å². The van der Waals surface area contributed by atoms with Gasteiger partial charge < -0.3 is 0 Å². The van der Waals surface area contributed by atoms with Gasteiger partial charge in [0.2, 0.25) is 12.8 Å². The van der Waals surface area contributed by atoms with Crippen molar-refractivity contribution in [1.29, 1.82) is 0 Å². The monoisotopic (exact) mass is 174 g/mol. The number of rotatable bonds is 7. The summed E-state index contributed by atoms with van der Waals surface area (Å²) in [5.41, 5.74) is 5.30. The Morgan fingerprint density at radius 1 is 1.00 bits per heavy atom. The van der Waals surface area contributed by atoms with Crippen LogP contribution in [0.4, 0.5) is 0 Å². The van der Waals surface area contributed by atoms with Crippen LogP contribution in [0, 0.1) is 0 Å².